The first kappa shape index (κ1) is 13.4. The highest BCUT2D eigenvalue weighted by molar-refractivity contribution is 5.78. The van der Waals surface area contributed by atoms with Gasteiger partial charge in [-0.3, -0.25) is 0 Å². The van der Waals surface area contributed by atoms with Crippen molar-refractivity contribution in [3.05, 3.63) is 66.7 Å². The van der Waals surface area contributed by atoms with Gasteiger partial charge in [0.05, 0.1) is 18.4 Å². The Bertz CT molecular complexity index is 966. The predicted molar refractivity (Wildman–Crippen MR) is 85.7 cm³/mol. The molecule has 2 aromatic carbocycles. The molecule has 0 bridgehead atoms. The molecule has 0 aliphatic rings. The van der Waals surface area contributed by atoms with Gasteiger partial charge in [-0.25, -0.2) is 5.10 Å². The monoisotopic (exact) mass is 302 g/mol. The molecule has 2 aromatic heterocycles. The van der Waals surface area contributed by atoms with Crippen molar-refractivity contribution in [1.29, 1.82) is 0 Å². The Labute approximate surface area is 132 Å². The first-order valence-electron chi connectivity index (χ1n) is 7.26. The van der Waals surface area contributed by atoms with E-state index in [9.17, 15) is 0 Å². The molecule has 0 unspecified atom stereocenters. The van der Waals surface area contributed by atoms with E-state index in [2.05, 4.69) is 20.5 Å². The van der Waals surface area contributed by atoms with Crippen molar-refractivity contribution in [1.82, 2.24) is 14.8 Å². The Morgan fingerprint density at radius 3 is 2.39 bits per heavy atom. The second-order valence-electron chi connectivity index (χ2n) is 5.13. The zero-order valence-corrected chi connectivity index (χ0v) is 12.5. The zero-order valence-electron chi connectivity index (χ0n) is 12.5. The summed E-state index contributed by atoms with van der Waals surface area (Å²) in [6, 6.07) is 21.7. The van der Waals surface area contributed by atoms with Crippen LogP contribution in [-0.2, 0) is 7.05 Å². The van der Waals surface area contributed by atoms with Gasteiger partial charge in [-0.05, 0) is 23.8 Å². The fourth-order valence-electron chi connectivity index (χ4n) is 2.46. The molecule has 0 spiro atoms. The molecule has 2 heterocycles. The highest BCUT2D eigenvalue weighted by atomic mass is 15.6. The predicted octanol–water partition coefficient (Wildman–Crippen LogP) is 3.20. The maximum atomic E-state index is 4.43. The Morgan fingerprint density at radius 2 is 1.65 bits per heavy atom. The van der Waals surface area contributed by atoms with Crippen LogP contribution < -0.4 is 9.90 Å². The number of aromatic nitrogens is 4. The van der Waals surface area contributed by atoms with Gasteiger partial charge in [0.25, 0.3) is 0 Å². The van der Waals surface area contributed by atoms with Crippen LogP contribution in [0.15, 0.2) is 77.0 Å². The van der Waals surface area contributed by atoms with E-state index in [1.54, 1.807) is 11.6 Å². The lowest BCUT2D eigenvalue weighted by atomic mass is 10.1. The van der Waals surface area contributed by atoms with Crippen LogP contribution >= 0.6 is 0 Å². The minimum atomic E-state index is 0.670. The van der Waals surface area contributed by atoms with Gasteiger partial charge < -0.3 is 4.52 Å². The van der Waals surface area contributed by atoms with Gasteiger partial charge in [-0.1, -0.05) is 48.5 Å². The van der Waals surface area contributed by atoms with E-state index in [4.69, 9.17) is 0 Å². The number of rotatable bonds is 3. The minimum absolute atomic E-state index is 0.670. The SMILES string of the molecule is C[n+]1nn2c(N=Nc3ccccc3)c(-c3ccccc3)cc2[n-]1. The molecule has 6 nitrogen and oxygen atoms in total. The quantitative estimate of drug-likeness (QED) is 0.431. The van der Waals surface area contributed by atoms with Crippen molar-refractivity contribution in [2.45, 2.75) is 0 Å². The Balaban J connectivity index is 1.87. The normalized spacial score (nSPS) is 11.5. The Kier molecular flexibility index (Phi) is 3.20. The third-order valence-corrected chi connectivity index (χ3v) is 3.50. The van der Waals surface area contributed by atoms with E-state index < -0.39 is 0 Å². The Hall–Kier alpha value is -3.28. The summed E-state index contributed by atoms with van der Waals surface area (Å²) >= 11 is 0. The minimum Gasteiger partial charge on any atom is -0.307 e. The summed E-state index contributed by atoms with van der Waals surface area (Å²) in [7, 11) is 1.79. The van der Waals surface area contributed by atoms with Crippen LogP contribution in [-0.4, -0.2) is 9.73 Å². The summed E-state index contributed by atoms with van der Waals surface area (Å²) in [5, 5.41) is 17.4. The lowest BCUT2D eigenvalue weighted by Crippen LogP contribution is -2.35. The van der Waals surface area contributed by atoms with Crippen molar-refractivity contribution in [3.8, 4) is 11.1 Å². The molecule has 6 heteroatoms. The van der Waals surface area contributed by atoms with Crippen LogP contribution in [0.2, 0.25) is 0 Å². The average molecular weight is 302 g/mol. The molecule has 0 saturated carbocycles. The molecule has 0 amide bonds. The molecule has 0 aliphatic heterocycles. The fourth-order valence-corrected chi connectivity index (χ4v) is 2.46. The van der Waals surface area contributed by atoms with Crippen molar-refractivity contribution in [2.75, 3.05) is 0 Å². The number of fused-ring (bicyclic) bond motifs is 1. The third-order valence-electron chi connectivity index (χ3n) is 3.50. The van der Waals surface area contributed by atoms with E-state index in [-0.39, 0.29) is 0 Å². The Morgan fingerprint density at radius 1 is 0.957 bits per heavy atom. The molecule has 0 saturated heterocycles. The molecule has 4 aromatic rings. The van der Waals surface area contributed by atoms with Crippen molar-refractivity contribution in [3.63, 3.8) is 0 Å². The first-order chi connectivity index (χ1) is 11.3. The highest BCUT2D eigenvalue weighted by Gasteiger charge is 2.10. The number of hydrogen-bond donors (Lipinski definition) is 0. The average Bonchev–Trinajstić information content (AvgIpc) is 3.11. The summed E-state index contributed by atoms with van der Waals surface area (Å²) in [5.41, 5.74) is 3.56. The van der Waals surface area contributed by atoms with Crippen molar-refractivity contribution < 1.29 is 4.80 Å². The van der Waals surface area contributed by atoms with E-state index in [0.717, 1.165) is 22.5 Å². The third kappa shape index (κ3) is 2.50. The van der Waals surface area contributed by atoms with Crippen LogP contribution in [0.25, 0.3) is 16.8 Å². The van der Waals surface area contributed by atoms with Gasteiger partial charge in [0.2, 0.25) is 0 Å². The molecule has 0 atom stereocenters. The first-order valence-corrected chi connectivity index (χ1v) is 7.26. The number of hydrogen-bond acceptors (Lipinski definition) is 3. The smallest absolute Gasteiger partial charge is 0.117 e. The molecular weight excluding hydrogens is 288 g/mol. The van der Waals surface area contributed by atoms with E-state index >= 15 is 0 Å². The number of tetrazole rings is 1. The lowest BCUT2D eigenvalue weighted by Gasteiger charge is -2.03. The zero-order chi connectivity index (χ0) is 15.6. The summed E-state index contributed by atoms with van der Waals surface area (Å²) < 4.78 is 1.70. The van der Waals surface area contributed by atoms with Crippen molar-refractivity contribution in [2.24, 2.45) is 17.3 Å². The molecule has 23 heavy (non-hydrogen) atoms. The number of aryl methyl sites for hydroxylation is 1. The summed E-state index contributed by atoms with van der Waals surface area (Å²) in [4.78, 5) is 1.52. The number of nitrogens with zero attached hydrogens (tertiary/aromatic N) is 6. The van der Waals surface area contributed by atoms with Crippen molar-refractivity contribution >= 4 is 17.2 Å². The second kappa shape index (κ2) is 5.49. The number of azo groups is 1. The van der Waals surface area contributed by atoms with Gasteiger partial charge >= 0.3 is 0 Å². The van der Waals surface area contributed by atoms with Gasteiger partial charge in [-0.2, -0.15) is 15.1 Å². The maximum Gasteiger partial charge on any atom is 0.117 e. The number of benzene rings is 2. The van der Waals surface area contributed by atoms with Gasteiger partial charge in [0.15, 0.2) is 0 Å². The van der Waals surface area contributed by atoms with Crippen LogP contribution in [0.3, 0.4) is 0 Å². The largest absolute Gasteiger partial charge is 0.307 e. The molecule has 112 valence electrons. The van der Waals surface area contributed by atoms with Crippen LogP contribution in [0.5, 0.6) is 0 Å². The molecule has 0 radical (unpaired) electrons. The van der Waals surface area contributed by atoms with Crippen LogP contribution in [0.1, 0.15) is 0 Å². The van der Waals surface area contributed by atoms with Gasteiger partial charge in [-0.15, -0.1) is 5.11 Å². The topological polar surface area (TPSA) is 60.0 Å². The van der Waals surface area contributed by atoms with Gasteiger partial charge in [0, 0.05) is 5.56 Å². The summed E-state index contributed by atoms with van der Waals surface area (Å²) in [6.45, 7) is 0. The van der Waals surface area contributed by atoms with Crippen LogP contribution in [0.4, 0.5) is 11.5 Å². The second-order valence-corrected chi connectivity index (χ2v) is 5.13. The molecule has 0 aliphatic carbocycles. The standard InChI is InChI=1S/C17H14N6/c1-22-20-16-12-15(13-8-4-2-5-9-13)17(23(16)21-22)19-18-14-10-6-3-7-11-14/h2-12H,1H3. The molecular formula is C17H14N6. The van der Waals surface area contributed by atoms with E-state index in [1.165, 1.54) is 4.80 Å². The van der Waals surface area contributed by atoms with E-state index in [0.29, 0.717) is 5.82 Å². The van der Waals surface area contributed by atoms with Gasteiger partial charge in [0.1, 0.15) is 5.82 Å². The van der Waals surface area contributed by atoms with Crippen LogP contribution in [0, 0.1) is 0 Å². The summed E-state index contributed by atoms with van der Waals surface area (Å²) in [5.74, 6) is 0.670. The highest BCUT2D eigenvalue weighted by Crippen LogP contribution is 2.33. The summed E-state index contributed by atoms with van der Waals surface area (Å²) in [6.07, 6.45) is 0. The van der Waals surface area contributed by atoms with E-state index in [1.807, 2.05) is 66.7 Å². The lowest BCUT2D eigenvalue weighted by molar-refractivity contribution is -0.788. The molecule has 0 N–H and O–H groups in total. The molecule has 4 rings (SSSR count). The molecule has 0 fully saturated rings. The fraction of sp³-hybridized carbons (Fsp3) is 0.0588. The maximum absolute atomic E-state index is 4.43.